The maximum atomic E-state index is 11.9. The van der Waals surface area contributed by atoms with Crippen LogP contribution in [0.1, 0.15) is 0 Å². The van der Waals surface area contributed by atoms with Gasteiger partial charge in [-0.25, -0.2) is 13.1 Å². The van der Waals surface area contributed by atoms with Gasteiger partial charge in [0.05, 0.1) is 12.2 Å². The highest BCUT2D eigenvalue weighted by atomic mass is 35.5. The Morgan fingerprint density at radius 2 is 2.06 bits per heavy atom. The van der Waals surface area contributed by atoms with Crippen LogP contribution in [0.2, 0.25) is 5.02 Å². The molecule has 8 heteroatoms. The van der Waals surface area contributed by atoms with Crippen molar-refractivity contribution in [3.8, 4) is 0 Å². The molecule has 100 valence electrons. The van der Waals surface area contributed by atoms with Crippen LogP contribution in [-0.4, -0.2) is 39.9 Å². The van der Waals surface area contributed by atoms with Crippen LogP contribution in [-0.2, 0) is 14.8 Å². The van der Waals surface area contributed by atoms with Crippen molar-refractivity contribution in [2.45, 2.75) is 4.90 Å². The van der Waals surface area contributed by atoms with Crippen molar-refractivity contribution in [3.63, 3.8) is 0 Å². The molecule has 1 aromatic carbocycles. The van der Waals surface area contributed by atoms with E-state index in [9.17, 15) is 13.2 Å². The van der Waals surface area contributed by atoms with E-state index >= 15 is 0 Å². The van der Waals surface area contributed by atoms with Gasteiger partial charge in [-0.2, -0.15) is 0 Å². The van der Waals surface area contributed by atoms with Gasteiger partial charge in [0.25, 0.3) is 0 Å². The number of benzene rings is 1. The van der Waals surface area contributed by atoms with E-state index in [1.54, 1.807) is 0 Å². The van der Waals surface area contributed by atoms with E-state index in [0.717, 1.165) is 0 Å². The molecule has 0 heterocycles. The number of nitrogen functional groups attached to an aromatic ring is 1. The summed E-state index contributed by atoms with van der Waals surface area (Å²) in [4.78, 5) is 12.5. The third kappa shape index (κ3) is 3.59. The lowest BCUT2D eigenvalue weighted by Crippen LogP contribution is -2.36. The van der Waals surface area contributed by atoms with E-state index in [-0.39, 0.29) is 28.1 Å². The van der Waals surface area contributed by atoms with E-state index in [2.05, 4.69) is 4.72 Å². The fourth-order valence-electron chi connectivity index (χ4n) is 1.13. The molecule has 0 aromatic heterocycles. The molecule has 0 aliphatic heterocycles. The van der Waals surface area contributed by atoms with Crippen molar-refractivity contribution in [2.24, 2.45) is 0 Å². The van der Waals surface area contributed by atoms with Gasteiger partial charge in [0.15, 0.2) is 0 Å². The first-order chi connectivity index (χ1) is 8.24. The summed E-state index contributed by atoms with van der Waals surface area (Å²) in [5, 5.41) is 0.253. The number of anilines is 1. The highest BCUT2D eigenvalue weighted by Gasteiger charge is 2.19. The third-order valence-electron chi connectivity index (χ3n) is 2.18. The van der Waals surface area contributed by atoms with Crippen LogP contribution in [0, 0.1) is 0 Å². The molecule has 3 N–H and O–H groups in total. The van der Waals surface area contributed by atoms with Crippen LogP contribution < -0.4 is 10.5 Å². The van der Waals surface area contributed by atoms with Crippen LogP contribution in [0.3, 0.4) is 0 Å². The monoisotopic (exact) mass is 291 g/mol. The van der Waals surface area contributed by atoms with E-state index < -0.39 is 10.0 Å². The second-order valence-electron chi connectivity index (χ2n) is 3.79. The molecule has 18 heavy (non-hydrogen) atoms. The first-order valence-electron chi connectivity index (χ1n) is 4.99. The maximum absolute atomic E-state index is 11.9. The second kappa shape index (κ2) is 5.55. The van der Waals surface area contributed by atoms with E-state index in [1.165, 1.54) is 37.2 Å². The predicted octanol–water partition coefficient (Wildman–Crippen LogP) is 0.289. The molecule has 1 aromatic rings. The minimum atomic E-state index is -3.85. The molecule has 6 nitrogen and oxygen atoms in total. The molecule has 0 bridgehead atoms. The Labute approximate surface area is 111 Å². The van der Waals surface area contributed by atoms with Gasteiger partial charge in [-0.15, -0.1) is 0 Å². The minimum absolute atomic E-state index is 0.0733. The second-order valence-corrected chi connectivity index (χ2v) is 5.97. The normalized spacial score (nSPS) is 11.3. The number of halogens is 1. The third-order valence-corrected chi connectivity index (χ3v) is 3.87. The summed E-state index contributed by atoms with van der Waals surface area (Å²) < 4.78 is 26.0. The number of hydrogen-bond donors (Lipinski definition) is 2. The summed E-state index contributed by atoms with van der Waals surface area (Å²) in [5.74, 6) is -0.362. The summed E-state index contributed by atoms with van der Waals surface area (Å²) in [5.41, 5.74) is 5.64. The van der Waals surface area contributed by atoms with Crippen molar-refractivity contribution in [3.05, 3.63) is 23.2 Å². The largest absolute Gasteiger partial charge is 0.398 e. The van der Waals surface area contributed by atoms with Crippen LogP contribution in [0.25, 0.3) is 0 Å². The minimum Gasteiger partial charge on any atom is -0.398 e. The van der Waals surface area contributed by atoms with E-state index in [1.807, 2.05) is 0 Å². The van der Waals surface area contributed by atoms with Gasteiger partial charge in [0.1, 0.15) is 4.90 Å². The smallest absolute Gasteiger partial charge is 0.243 e. The highest BCUT2D eigenvalue weighted by Crippen LogP contribution is 2.22. The molecule has 0 unspecified atom stereocenters. The lowest BCUT2D eigenvalue weighted by molar-refractivity contribution is -0.127. The summed E-state index contributed by atoms with van der Waals surface area (Å²) in [6.45, 7) is -0.332. The summed E-state index contributed by atoms with van der Waals surface area (Å²) in [6.07, 6.45) is 0. The molecular formula is C10H14ClN3O3S. The Bertz CT molecular complexity index is 557. The Morgan fingerprint density at radius 3 is 2.61 bits per heavy atom. The topological polar surface area (TPSA) is 92.5 Å². The first kappa shape index (κ1) is 14.7. The van der Waals surface area contributed by atoms with Gasteiger partial charge in [-0.3, -0.25) is 4.79 Å². The van der Waals surface area contributed by atoms with Gasteiger partial charge >= 0.3 is 0 Å². The molecule has 0 saturated heterocycles. The average Bonchev–Trinajstić information content (AvgIpc) is 2.29. The Kier molecular flexibility index (Phi) is 4.55. The van der Waals surface area contributed by atoms with Crippen molar-refractivity contribution in [1.29, 1.82) is 0 Å². The van der Waals surface area contributed by atoms with Crippen LogP contribution in [0.4, 0.5) is 5.69 Å². The molecular weight excluding hydrogens is 278 g/mol. The lowest BCUT2D eigenvalue weighted by Gasteiger charge is -2.12. The molecule has 1 rings (SSSR count). The molecule has 0 atom stereocenters. The van der Waals surface area contributed by atoms with Crippen molar-refractivity contribution in [1.82, 2.24) is 9.62 Å². The molecule has 0 aliphatic rings. The Morgan fingerprint density at radius 1 is 1.44 bits per heavy atom. The summed E-state index contributed by atoms with van der Waals surface area (Å²) in [6, 6.07) is 4.12. The number of nitrogens with two attached hydrogens (primary N) is 1. The van der Waals surface area contributed by atoms with E-state index in [4.69, 9.17) is 17.3 Å². The zero-order valence-electron chi connectivity index (χ0n) is 9.97. The first-order valence-corrected chi connectivity index (χ1v) is 6.85. The van der Waals surface area contributed by atoms with Gasteiger partial charge in [-0.05, 0) is 18.2 Å². The van der Waals surface area contributed by atoms with Gasteiger partial charge in [0.2, 0.25) is 15.9 Å². The fraction of sp³-hybridized carbons (Fsp3) is 0.300. The molecule has 0 saturated carbocycles. The van der Waals surface area contributed by atoms with Crippen molar-refractivity contribution < 1.29 is 13.2 Å². The molecule has 0 aliphatic carbocycles. The Hall–Kier alpha value is -1.31. The standard InChI is InChI=1S/C10H14ClN3O3S/c1-14(2)10(15)6-13-18(16,17)9-5-7(11)3-4-8(9)12/h3-5,13H,6,12H2,1-2H3. The SMILES string of the molecule is CN(C)C(=O)CNS(=O)(=O)c1cc(Cl)ccc1N. The van der Waals surface area contributed by atoms with Crippen LogP contribution in [0.5, 0.6) is 0 Å². The van der Waals surface area contributed by atoms with Gasteiger partial charge in [0, 0.05) is 19.1 Å². The summed E-state index contributed by atoms with van der Waals surface area (Å²) >= 11 is 5.71. The van der Waals surface area contributed by atoms with Crippen molar-refractivity contribution >= 4 is 33.2 Å². The van der Waals surface area contributed by atoms with Gasteiger partial charge < -0.3 is 10.6 Å². The van der Waals surface area contributed by atoms with Crippen LogP contribution >= 0.6 is 11.6 Å². The van der Waals surface area contributed by atoms with Crippen LogP contribution in [0.15, 0.2) is 23.1 Å². The number of nitrogens with one attached hydrogen (secondary N) is 1. The summed E-state index contributed by atoms with van der Waals surface area (Å²) in [7, 11) is -0.785. The lowest BCUT2D eigenvalue weighted by atomic mass is 10.3. The molecule has 0 fully saturated rings. The number of carbonyl (C=O) groups is 1. The van der Waals surface area contributed by atoms with Gasteiger partial charge in [-0.1, -0.05) is 11.6 Å². The quantitative estimate of drug-likeness (QED) is 0.780. The number of nitrogens with zero attached hydrogens (tertiary/aromatic N) is 1. The van der Waals surface area contributed by atoms with E-state index in [0.29, 0.717) is 0 Å². The number of amides is 1. The predicted molar refractivity (Wildman–Crippen MR) is 69.7 cm³/mol. The molecule has 0 radical (unpaired) electrons. The molecule has 0 spiro atoms. The highest BCUT2D eigenvalue weighted by molar-refractivity contribution is 7.89. The molecule has 1 amide bonds. The zero-order chi connectivity index (χ0) is 13.9. The number of sulfonamides is 1. The van der Waals surface area contributed by atoms with Crippen molar-refractivity contribution in [2.75, 3.05) is 26.4 Å². The number of hydrogen-bond acceptors (Lipinski definition) is 4. The zero-order valence-corrected chi connectivity index (χ0v) is 11.5. The number of likely N-dealkylation sites (N-methyl/N-ethyl adjacent to an activating group) is 1. The number of carbonyl (C=O) groups excluding carboxylic acids is 1. The maximum Gasteiger partial charge on any atom is 0.243 e. The average molecular weight is 292 g/mol. The Balaban J connectivity index is 2.93. The number of rotatable bonds is 4. The fourth-order valence-corrected chi connectivity index (χ4v) is 2.50.